The number of likely N-dealkylation sites (N-methyl/N-ethyl adjacent to an activating group) is 1. The van der Waals surface area contributed by atoms with Gasteiger partial charge in [0.1, 0.15) is 0 Å². The van der Waals surface area contributed by atoms with Crippen LogP contribution in [0.3, 0.4) is 0 Å². The SMILES string of the molecule is CCN(Cc1cccs1)C(=O)/C=C/c1ccc(C#N)cc1. The Morgan fingerprint density at radius 1 is 1.33 bits per heavy atom. The van der Waals surface area contributed by atoms with Crippen LogP contribution in [0.1, 0.15) is 22.9 Å². The van der Waals surface area contributed by atoms with Crippen molar-refractivity contribution in [3.8, 4) is 6.07 Å². The minimum absolute atomic E-state index is 0.00439. The summed E-state index contributed by atoms with van der Waals surface area (Å²) in [6.45, 7) is 3.29. The predicted molar refractivity (Wildman–Crippen MR) is 85.6 cm³/mol. The smallest absolute Gasteiger partial charge is 0.246 e. The standard InChI is InChI=1S/C17H16N2OS/c1-2-19(13-16-4-3-11-21-16)17(20)10-9-14-5-7-15(12-18)8-6-14/h3-11H,2,13H2,1H3/b10-9+. The second-order valence-electron chi connectivity index (χ2n) is 4.50. The van der Waals surface area contributed by atoms with Gasteiger partial charge in [-0.05, 0) is 42.1 Å². The first-order chi connectivity index (χ1) is 10.2. The van der Waals surface area contributed by atoms with Crippen molar-refractivity contribution in [3.05, 3.63) is 63.9 Å². The molecule has 1 aromatic carbocycles. The van der Waals surface area contributed by atoms with E-state index < -0.39 is 0 Å². The molecule has 1 amide bonds. The number of nitriles is 1. The first-order valence-corrected chi connectivity index (χ1v) is 7.60. The Kier molecular flexibility index (Phi) is 5.30. The van der Waals surface area contributed by atoms with Gasteiger partial charge < -0.3 is 4.90 Å². The van der Waals surface area contributed by atoms with Gasteiger partial charge >= 0.3 is 0 Å². The lowest BCUT2D eigenvalue weighted by atomic mass is 10.1. The van der Waals surface area contributed by atoms with E-state index in [1.807, 2.05) is 36.6 Å². The van der Waals surface area contributed by atoms with Gasteiger partial charge in [0.2, 0.25) is 5.91 Å². The Morgan fingerprint density at radius 3 is 2.67 bits per heavy atom. The molecule has 0 fully saturated rings. The third-order valence-corrected chi connectivity index (χ3v) is 3.94. The van der Waals surface area contributed by atoms with Crippen LogP contribution in [-0.2, 0) is 11.3 Å². The van der Waals surface area contributed by atoms with Crippen molar-refractivity contribution in [3.63, 3.8) is 0 Å². The van der Waals surface area contributed by atoms with Crippen molar-refractivity contribution in [2.24, 2.45) is 0 Å². The number of nitrogens with zero attached hydrogens (tertiary/aromatic N) is 2. The van der Waals surface area contributed by atoms with E-state index in [0.29, 0.717) is 18.7 Å². The summed E-state index contributed by atoms with van der Waals surface area (Å²) in [4.78, 5) is 15.2. The fourth-order valence-corrected chi connectivity index (χ4v) is 2.60. The van der Waals surface area contributed by atoms with Crippen molar-refractivity contribution in [2.75, 3.05) is 6.54 Å². The van der Waals surface area contributed by atoms with Crippen LogP contribution in [-0.4, -0.2) is 17.4 Å². The molecule has 1 aromatic heterocycles. The number of carbonyl (C=O) groups excluding carboxylic acids is 1. The fraction of sp³-hybridized carbons (Fsp3) is 0.176. The quantitative estimate of drug-likeness (QED) is 0.790. The number of benzene rings is 1. The highest BCUT2D eigenvalue weighted by Gasteiger charge is 2.09. The molecule has 0 saturated heterocycles. The molecule has 2 aromatic rings. The van der Waals surface area contributed by atoms with Gasteiger partial charge in [0.05, 0.1) is 18.2 Å². The molecule has 0 unspecified atom stereocenters. The van der Waals surface area contributed by atoms with Crippen LogP contribution >= 0.6 is 11.3 Å². The second-order valence-corrected chi connectivity index (χ2v) is 5.53. The number of hydrogen-bond donors (Lipinski definition) is 0. The van der Waals surface area contributed by atoms with Gasteiger partial charge in [-0.2, -0.15) is 5.26 Å². The molecule has 0 atom stereocenters. The Bertz CT molecular complexity index is 651. The first-order valence-electron chi connectivity index (χ1n) is 6.72. The Balaban J connectivity index is 2.00. The lowest BCUT2D eigenvalue weighted by Crippen LogP contribution is -2.28. The maximum Gasteiger partial charge on any atom is 0.246 e. The number of hydrogen-bond acceptors (Lipinski definition) is 3. The van der Waals surface area contributed by atoms with Crippen molar-refractivity contribution < 1.29 is 4.79 Å². The Labute approximate surface area is 128 Å². The predicted octanol–water partition coefficient (Wildman–Crippen LogP) is 3.68. The van der Waals surface area contributed by atoms with Gasteiger partial charge in [-0.25, -0.2) is 0 Å². The number of thiophene rings is 1. The summed E-state index contributed by atoms with van der Waals surface area (Å²) in [7, 11) is 0. The van der Waals surface area contributed by atoms with Crippen molar-refractivity contribution >= 4 is 23.3 Å². The maximum atomic E-state index is 12.2. The van der Waals surface area contributed by atoms with Crippen LogP contribution in [0.4, 0.5) is 0 Å². The summed E-state index contributed by atoms with van der Waals surface area (Å²) in [5.74, 6) is -0.00439. The van der Waals surface area contributed by atoms with Crippen molar-refractivity contribution in [2.45, 2.75) is 13.5 Å². The van der Waals surface area contributed by atoms with Crippen LogP contribution in [0.2, 0.25) is 0 Å². The van der Waals surface area contributed by atoms with E-state index in [9.17, 15) is 4.79 Å². The van der Waals surface area contributed by atoms with Crippen LogP contribution in [0.25, 0.3) is 6.08 Å². The fourth-order valence-electron chi connectivity index (χ4n) is 1.88. The van der Waals surface area contributed by atoms with Crippen LogP contribution in [0, 0.1) is 11.3 Å². The molecular weight excluding hydrogens is 280 g/mol. The molecule has 0 spiro atoms. The molecule has 0 aliphatic carbocycles. The van der Waals surface area contributed by atoms with Gasteiger partial charge in [0.25, 0.3) is 0 Å². The lowest BCUT2D eigenvalue weighted by Gasteiger charge is -2.18. The van der Waals surface area contributed by atoms with E-state index in [-0.39, 0.29) is 5.91 Å². The molecule has 0 saturated carbocycles. The third-order valence-electron chi connectivity index (χ3n) is 3.08. The third kappa shape index (κ3) is 4.30. The highest BCUT2D eigenvalue weighted by Crippen LogP contribution is 2.12. The van der Waals surface area contributed by atoms with Crippen LogP contribution < -0.4 is 0 Å². The normalized spacial score (nSPS) is 10.5. The van der Waals surface area contributed by atoms with Crippen LogP contribution in [0.5, 0.6) is 0 Å². The molecule has 21 heavy (non-hydrogen) atoms. The first kappa shape index (κ1) is 15.0. The number of rotatable bonds is 5. The van der Waals surface area contributed by atoms with E-state index in [1.165, 1.54) is 4.88 Å². The van der Waals surface area contributed by atoms with Gasteiger partial charge in [-0.3, -0.25) is 4.79 Å². The van der Waals surface area contributed by atoms with E-state index >= 15 is 0 Å². The molecule has 0 radical (unpaired) electrons. The summed E-state index contributed by atoms with van der Waals surface area (Å²) in [6, 6.07) is 13.2. The highest BCUT2D eigenvalue weighted by molar-refractivity contribution is 7.09. The minimum atomic E-state index is -0.00439. The average Bonchev–Trinajstić information content (AvgIpc) is 3.03. The summed E-state index contributed by atoms with van der Waals surface area (Å²) < 4.78 is 0. The molecule has 1 heterocycles. The van der Waals surface area contributed by atoms with E-state index in [2.05, 4.69) is 6.07 Å². The summed E-state index contributed by atoms with van der Waals surface area (Å²) in [6.07, 6.45) is 3.36. The van der Waals surface area contributed by atoms with E-state index in [1.54, 1.807) is 40.5 Å². The topological polar surface area (TPSA) is 44.1 Å². The van der Waals surface area contributed by atoms with Crippen molar-refractivity contribution in [1.82, 2.24) is 4.90 Å². The van der Waals surface area contributed by atoms with Crippen molar-refractivity contribution in [1.29, 1.82) is 5.26 Å². The zero-order valence-corrected chi connectivity index (χ0v) is 12.6. The minimum Gasteiger partial charge on any atom is -0.334 e. The van der Waals surface area contributed by atoms with Gasteiger partial charge in [-0.1, -0.05) is 18.2 Å². The summed E-state index contributed by atoms with van der Waals surface area (Å²) >= 11 is 1.65. The Morgan fingerprint density at radius 2 is 2.10 bits per heavy atom. The molecule has 3 nitrogen and oxygen atoms in total. The zero-order valence-electron chi connectivity index (χ0n) is 11.8. The molecule has 106 valence electrons. The molecular formula is C17H16N2OS. The number of carbonyl (C=O) groups is 1. The molecule has 0 bridgehead atoms. The highest BCUT2D eigenvalue weighted by atomic mass is 32.1. The zero-order chi connectivity index (χ0) is 15.1. The molecule has 2 rings (SSSR count). The molecule has 0 N–H and O–H groups in total. The Hall–Kier alpha value is -2.38. The van der Waals surface area contributed by atoms with E-state index in [4.69, 9.17) is 5.26 Å². The molecule has 0 aliphatic heterocycles. The lowest BCUT2D eigenvalue weighted by molar-refractivity contribution is -0.126. The second kappa shape index (κ2) is 7.41. The monoisotopic (exact) mass is 296 g/mol. The van der Waals surface area contributed by atoms with Gasteiger partial charge in [0, 0.05) is 17.5 Å². The largest absolute Gasteiger partial charge is 0.334 e. The summed E-state index contributed by atoms with van der Waals surface area (Å²) in [5.41, 5.74) is 1.53. The number of amides is 1. The molecule has 4 heteroatoms. The van der Waals surface area contributed by atoms with Crippen LogP contribution in [0.15, 0.2) is 47.9 Å². The van der Waals surface area contributed by atoms with Gasteiger partial charge in [0.15, 0.2) is 0 Å². The van der Waals surface area contributed by atoms with E-state index in [0.717, 1.165) is 5.56 Å². The summed E-state index contributed by atoms with van der Waals surface area (Å²) in [5, 5.41) is 10.8. The van der Waals surface area contributed by atoms with Gasteiger partial charge in [-0.15, -0.1) is 11.3 Å². The average molecular weight is 296 g/mol. The molecule has 0 aliphatic rings. The maximum absolute atomic E-state index is 12.2.